The molecule has 0 bridgehead atoms. The highest BCUT2D eigenvalue weighted by Gasteiger charge is 2.18. The molecular weight excluding hydrogens is 250 g/mol. The molecule has 1 aromatic heterocycles. The van der Waals surface area contributed by atoms with E-state index in [1.807, 2.05) is 6.92 Å². The van der Waals surface area contributed by atoms with Crippen LogP contribution in [-0.4, -0.2) is 34.1 Å². The van der Waals surface area contributed by atoms with Crippen LogP contribution in [0.4, 0.5) is 0 Å². The molecule has 0 amide bonds. The summed E-state index contributed by atoms with van der Waals surface area (Å²) in [5.74, 6) is 0.765. The number of nitrogens with zero attached hydrogens (tertiary/aromatic N) is 2. The normalized spacial score (nSPS) is 17.8. The molecule has 2 rings (SSSR count). The van der Waals surface area contributed by atoms with Crippen molar-refractivity contribution in [2.24, 2.45) is 5.92 Å². The van der Waals surface area contributed by atoms with E-state index in [4.69, 9.17) is 0 Å². The summed E-state index contributed by atoms with van der Waals surface area (Å²) >= 11 is 0. The van der Waals surface area contributed by atoms with Crippen LogP contribution < -0.4 is 5.32 Å². The second-order valence-electron chi connectivity index (χ2n) is 6.25. The standard InChI is InChI=1S/C16H29N3O/c1-13-10-14(2)19(18-13)9-5-8-17-12-16(20)11-15-6-3-4-7-15/h10,15-17,20H,3-9,11-12H2,1-2H3. The van der Waals surface area contributed by atoms with Gasteiger partial charge in [-0.15, -0.1) is 0 Å². The summed E-state index contributed by atoms with van der Waals surface area (Å²) in [7, 11) is 0. The SMILES string of the molecule is Cc1cc(C)n(CCCNCC(O)CC2CCCC2)n1. The maximum absolute atomic E-state index is 9.99. The van der Waals surface area contributed by atoms with Crippen molar-refractivity contribution in [1.82, 2.24) is 15.1 Å². The van der Waals surface area contributed by atoms with Gasteiger partial charge in [0.2, 0.25) is 0 Å². The maximum Gasteiger partial charge on any atom is 0.0667 e. The van der Waals surface area contributed by atoms with E-state index < -0.39 is 0 Å². The van der Waals surface area contributed by atoms with E-state index in [-0.39, 0.29) is 6.10 Å². The number of hydrogen-bond donors (Lipinski definition) is 2. The predicted molar refractivity (Wildman–Crippen MR) is 81.8 cm³/mol. The van der Waals surface area contributed by atoms with Gasteiger partial charge >= 0.3 is 0 Å². The Labute approximate surface area is 122 Å². The second kappa shape index (κ2) is 7.79. The average Bonchev–Trinajstić information content (AvgIpc) is 2.99. The molecule has 4 heteroatoms. The van der Waals surface area contributed by atoms with Crippen LogP contribution in [0.5, 0.6) is 0 Å². The first-order chi connectivity index (χ1) is 9.65. The molecule has 0 radical (unpaired) electrons. The lowest BCUT2D eigenvalue weighted by Gasteiger charge is -2.16. The van der Waals surface area contributed by atoms with Crippen LogP contribution >= 0.6 is 0 Å². The van der Waals surface area contributed by atoms with Crippen molar-refractivity contribution < 1.29 is 5.11 Å². The molecule has 1 aliphatic carbocycles. The highest BCUT2D eigenvalue weighted by atomic mass is 16.3. The fourth-order valence-electron chi connectivity index (χ4n) is 3.24. The van der Waals surface area contributed by atoms with Gasteiger partial charge in [-0.2, -0.15) is 5.10 Å². The first kappa shape index (κ1) is 15.5. The quantitative estimate of drug-likeness (QED) is 0.719. The molecule has 1 heterocycles. The van der Waals surface area contributed by atoms with Crippen molar-refractivity contribution in [3.63, 3.8) is 0 Å². The van der Waals surface area contributed by atoms with Crippen molar-refractivity contribution in [2.45, 2.75) is 65.0 Å². The van der Waals surface area contributed by atoms with Crippen LogP contribution in [0.15, 0.2) is 6.07 Å². The van der Waals surface area contributed by atoms with Crippen molar-refractivity contribution in [1.29, 1.82) is 0 Å². The summed E-state index contributed by atoms with van der Waals surface area (Å²) in [6, 6.07) is 2.11. The molecule has 1 fully saturated rings. The third-order valence-corrected chi connectivity index (χ3v) is 4.29. The monoisotopic (exact) mass is 279 g/mol. The zero-order valence-electron chi connectivity index (χ0n) is 12.9. The van der Waals surface area contributed by atoms with Crippen LogP contribution in [-0.2, 0) is 6.54 Å². The van der Waals surface area contributed by atoms with Gasteiger partial charge in [0.1, 0.15) is 0 Å². The highest BCUT2D eigenvalue weighted by Crippen LogP contribution is 2.28. The topological polar surface area (TPSA) is 50.1 Å². The van der Waals surface area contributed by atoms with E-state index in [1.54, 1.807) is 0 Å². The lowest BCUT2D eigenvalue weighted by atomic mass is 10.0. The van der Waals surface area contributed by atoms with Crippen molar-refractivity contribution in [3.8, 4) is 0 Å². The van der Waals surface area contributed by atoms with Crippen LogP contribution in [0.1, 0.15) is 49.9 Å². The van der Waals surface area contributed by atoms with E-state index in [2.05, 4.69) is 28.1 Å². The molecule has 0 aliphatic heterocycles. The Morgan fingerprint density at radius 2 is 2.15 bits per heavy atom. The predicted octanol–water partition coefficient (Wildman–Crippen LogP) is 2.42. The smallest absolute Gasteiger partial charge is 0.0667 e. The van der Waals surface area contributed by atoms with Crippen LogP contribution in [0.3, 0.4) is 0 Å². The van der Waals surface area contributed by atoms with E-state index >= 15 is 0 Å². The van der Waals surface area contributed by atoms with Crippen LogP contribution in [0.2, 0.25) is 0 Å². The second-order valence-corrected chi connectivity index (χ2v) is 6.25. The summed E-state index contributed by atoms with van der Waals surface area (Å²) in [6.45, 7) is 6.75. The molecule has 0 aromatic carbocycles. The minimum Gasteiger partial charge on any atom is -0.392 e. The van der Waals surface area contributed by atoms with Gasteiger partial charge < -0.3 is 10.4 Å². The molecule has 4 nitrogen and oxygen atoms in total. The zero-order chi connectivity index (χ0) is 14.4. The Hall–Kier alpha value is -0.870. The van der Waals surface area contributed by atoms with Crippen molar-refractivity contribution in [3.05, 3.63) is 17.5 Å². The molecule has 20 heavy (non-hydrogen) atoms. The zero-order valence-corrected chi connectivity index (χ0v) is 12.9. The molecule has 114 valence electrons. The van der Waals surface area contributed by atoms with E-state index in [0.29, 0.717) is 0 Å². The molecule has 1 saturated carbocycles. The van der Waals surface area contributed by atoms with Gasteiger partial charge in [-0.05, 0) is 45.2 Å². The molecular formula is C16H29N3O. The van der Waals surface area contributed by atoms with Gasteiger partial charge in [0.15, 0.2) is 0 Å². The molecule has 1 atom stereocenters. The number of rotatable bonds is 8. The van der Waals surface area contributed by atoms with Crippen molar-refractivity contribution >= 4 is 0 Å². The minimum absolute atomic E-state index is 0.174. The van der Waals surface area contributed by atoms with Gasteiger partial charge in [0.05, 0.1) is 11.8 Å². The first-order valence-corrected chi connectivity index (χ1v) is 8.05. The molecule has 1 unspecified atom stereocenters. The lowest BCUT2D eigenvalue weighted by Crippen LogP contribution is -2.29. The van der Waals surface area contributed by atoms with Gasteiger partial charge in [-0.25, -0.2) is 0 Å². The molecule has 1 aromatic rings. The van der Waals surface area contributed by atoms with Gasteiger partial charge in [0, 0.05) is 18.8 Å². The summed E-state index contributed by atoms with van der Waals surface area (Å²) in [5, 5.41) is 17.8. The third-order valence-electron chi connectivity index (χ3n) is 4.29. The van der Waals surface area contributed by atoms with Crippen LogP contribution in [0, 0.1) is 19.8 Å². The molecule has 1 aliphatic rings. The lowest BCUT2D eigenvalue weighted by molar-refractivity contribution is 0.140. The fraction of sp³-hybridized carbons (Fsp3) is 0.812. The Bertz CT molecular complexity index is 396. The molecule has 2 N–H and O–H groups in total. The summed E-state index contributed by atoms with van der Waals surface area (Å²) in [4.78, 5) is 0. The minimum atomic E-state index is -0.174. The van der Waals surface area contributed by atoms with Crippen molar-refractivity contribution in [2.75, 3.05) is 13.1 Å². The number of aryl methyl sites for hydroxylation is 3. The highest BCUT2D eigenvalue weighted by molar-refractivity contribution is 5.06. The number of nitrogens with one attached hydrogen (secondary N) is 1. The first-order valence-electron chi connectivity index (χ1n) is 8.05. The molecule has 0 saturated heterocycles. The van der Waals surface area contributed by atoms with Gasteiger partial charge in [-0.3, -0.25) is 4.68 Å². The average molecular weight is 279 g/mol. The molecule has 0 spiro atoms. The van der Waals surface area contributed by atoms with Gasteiger partial charge in [0.25, 0.3) is 0 Å². The number of aliphatic hydroxyl groups is 1. The summed E-state index contributed by atoms with van der Waals surface area (Å²) < 4.78 is 2.06. The fourth-order valence-corrected chi connectivity index (χ4v) is 3.24. The Balaban J connectivity index is 1.53. The number of aromatic nitrogens is 2. The number of aliphatic hydroxyl groups excluding tert-OH is 1. The summed E-state index contributed by atoms with van der Waals surface area (Å²) in [6.07, 6.45) is 7.19. The van der Waals surface area contributed by atoms with Gasteiger partial charge in [-0.1, -0.05) is 25.7 Å². The maximum atomic E-state index is 9.99. The number of hydrogen-bond acceptors (Lipinski definition) is 3. The van der Waals surface area contributed by atoms with Crippen LogP contribution in [0.25, 0.3) is 0 Å². The Morgan fingerprint density at radius 3 is 2.80 bits per heavy atom. The largest absolute Gasteiger partial charge is 0.392 e. The van der Waals surface area contributed by atoms with E-state index in [1.165, 1.54) is 31.4 Å². The summed E-state index contributed by atoms with van der Waals surface area (Å²) in [5.41, 5.74) is 2.31. The van der Waals surface area contributed by atoms with E-state index in [0.717, 1.165) is 44.1 Å². The van der Waals surface area contributed by atoms with E-state index in [9.17, 15) is 5.11 Å². The third kappa shape index (κ3) is 4.91. The Morgan fingerprint density at radius 1 is 1.40 bits per heavy atom. The Kier molecular flexibility index (Phi) is 6.05.